The first kappa shape index (κ1) is 22.7. The van der Waals surface area contributed by atoms with Crippen molar-refractivity contribution in [1.29, 1.82) is 0 Å². The standard InChI is InChI=1S/C27H27N5O3S/c1-14-6-5-7-18-22(14)36-26-29-21(23(32(18)26)30-27(2,3)4)15-8-9-17-16(12-15)13-31(25(17)35)19-10-11-20(33)28-24(19)34/h5-9,12,19,30H,10-11,13H2,1-4H3,(H,28,33,34). The van der Waals surface area contributed by atoms with Gasteiger partial charge in [-0.05, 0) is 63.4 Å². The minimum Gasteiger partial charge on any atom is -0.365 e. The van der Waals surface area contributed by atoms with Crippen LogP contribution >= 0.6 is 11.3 Å². The number of aromatic nitrogens is 2. The zero-order valence-electron chi connectivity index (χ0n) is 20.6. The molecule has 6 rings (SSSR count). The van der Waals surface area contributed by atoms with Gasteiger partial charge < -0.3 is 10.2 Å². The van der Waals surface area contributed by atoms with Gasteiger partial charge in [-0.1, -0.05) is 29.5 Å². The number of benzene rings is 2. The van der Waals surface area contributed by atoms with Crippen molar-refractivity contribution in [2.45, 2.75) is 58.7 Å². The largest absolute Gasteiger partial charge is 0.365 e. The van der Waals surface area contributed by atoms with Crippen LogP contribution in [0, 0.1) is 6.92 Å². The second kappa shape index (κ2) is 7.89. The van der Waals surface area contributed by atoms with E-state index >= 15 is 0 Å². The number of aryl methyl sites for hydroxylation is 1. The Balaban J connectivity index is 1.43. The molecule has 1 saturated heterocycles. The summed E-state index contributed by atoms with van der Waals surface area (Å²) in [4.78, 5) is 44.6. The van der Waals surface area contributed by atoms with Gasteiger partial charge in [0.15, 0.2) is 4.96 Å². The highest BCUT2D eigenvalue weighted by molar-refractivity contribution is 7.23. The molecule has 2 aliphatic rings. The van der Waals surface area contributed by atoms with E-state index in [0.717, 1.165) is 33.1 Å². The summed E-state index contributed by atoms with van der Waals surface area (Å²) in [5.74, 6) is 0.0527. The maximum Gasteiger partial charge on any atom is 0.255 e. The molecule has 36 heavy (non-hydrogen) atoms. The fourth-order valence-corrected chi connectivity index (χ4v) is 6.22. The quantitative estimate of drug-likeness (QED) is 0.403. The van der Waals surface area contributed by atoms with Gasteiger partial charge in [-0.3, -0.25) is 24.1 Å². The van der Waals surface area contributed by atoms with Crippen molar-refractivity contribution in [1.82, 2.24) is 19.6 Å². The van der Waals surface area contributed by atoms with Gasteiger partial charge in [0.25, 0.3) is 5.91 Å². The van der Waals surface area contributed by atoms with Crippen LogP contribution in [0.5, 0.6) is 0 Å². The summed E-state index contributed by atoms with van der Waals surface area (Å²) in [6.07, 6.45) is 0.586. The highest BCUT2D eigenvalue weighted by atomic mass is 32.1. The third kappa shape index (κ3) is 3.57. The number of amides is 3. The molecule has 4 heterocycles. The van der Waals surface area contributed by atoms with Crippen molar-refractivity contribution in [2.24, 2.45) is 0 Å². The lowest BCUT2D eigenvalue weighted by Crippen LogP contribution is -2.52. The summed E-state index contributed by atoms with van der Waals surface area (Å²) in [6, 6.07) is 11.4. The smallest absolute Gasteiger partial charge is 0.255 e. The number of rotatable bonds is 3. The molecule has 1 fully saturated rings. The summed E-state index contributed by atoms with van der Waals surface area (Å²) in [5, 5.41) is 6.02. The average molecular weight is 502 g/mol. The van der Waals surface area contributed by atoms with Crippen molar-refractivity contribution in [2.75, 3.05) is 5.32 Å². The number of carbonyl (C=O) groups excluding carboxylic acids is 3. The number of anilines is 1. The molecule has 0 spiro atoms. The predicted molar refractivity (Wildman–Crippen MR) is 140 cm³/mol. The van der Waals surface area contributed by atoms with Crippen LogP contribution < -0.4 is 10.6 Å². The molecule has 0 bridgehead atoms. The summed E-state index contributed by atoms with van der Waals surface area (Å²) >= 11 is 1.67. The molecule has 3 amide bonds. The third-order valence-corrected chi connectivity index (χ3v) is 7.95. The second-order valence-electron chi connectivity index (χ2n) is 10.6. The number of thiazole rings is 1. The maximum absolute atomic E-state index is 13.1. The molecule has 2 aromatic heterocycles. The van der Waals surface area contributed by atoms with Crippen LogP contribution in [0.25, 0.3) is 26.4 Å². The zero-order valence-corrected chi connectivity index (χ0v) is 21.5. The number of imide groups is 1. The molecule has 1 unspecified atom stereocenters. The molecule has 8 nitrogen and oxygen atoms in total. The Bertz CT molecular complexity index is 1590. The van der Waals surface area contributed by atoms with Gasteiger partial charge in [-0.15, -0.1) is 0 Å². The second-order valence-corrected chi connectivity index (χ2v) is 11.6. The number of carbonyl (C=O) groups is 3. The Morgan fingerprint density at radius 3 is 2.69 bits per heavy atom. The topological polar surface area (TPSA) is 95.8 Å². The molecule has 0 saturated carbocycles. The lowest BCUT2D eigenvalue weighted by atomic mass is 10.0. The molecule has 1 atom stereocenters. The van der Waals surface area contributed by atoms with E-state index in [1.54, 1.807) is 16.2 Å². The van der Waals surface area contributed by atoms with Crippen molar-refractivity contribution in [3.63, 3.8) is 0 Å². The molecule has 2 N–H and O–H groups in total. The Hall–Kier alpha value is -3.72. The van der Waals surface area contributed by atoms with Gasteiger partial charge in [-0.2, -0.15) is 0 Å². The number of nitrogens with zero attached hydrogens (tertiary/aromatic N) is 3. The van der Waals surface area contributed by atoms with E-state index in [0.29, 0.717) is 18.5 Å². The Kier molecular flexibility index (Phi) is 4.98. The van der Waals surface area contributed by atoms with Crippen LogP contribution in [0.1, 0.15) is 55.1 Å². The van der Waals surface area contributed by atoms with E-state index in [9.17, 15) is 14.4 Å². The van der Waals surface area contributed by atoms with Crippen LogP contribution in [0.2, 0.25) is 0 Å². The fourth-order valence-electron chi connectivity index (χ4n) is 5.12. The Morgan fingerprint density at radius 1 is 1.14 bits per heavy atom. The Morgan fingerprint density at radius 2 is 1.94 bits per heavy atom. The number of nitrogens with one attached hydrogen (secondary N) is 2. The van der Waals surface area contributed by atoms with Crippen molar-refractivity contribution in [3.05, 3.63) is 53.1 Å². The lowest BCUT2D eigenvalue weighted by molar-refractivity contribution is -0.136. The molecule has 0 aliphatic carbocycles. The van der Waals surface area contributed by atoms with Crippen LogP contribution in [0.3, 0.4) is 0 Å². The van der Waals surface area contributed by atoms with Gasteiger partial charge in [-0.25, -0.2) is 4.98 Å². The van der Waals surface area contributed by atoms with E-state index < -0.39 is 11.9 Å². The normalized spacial score (nSPS) is 18.3. The zero-order chi connectivity index (χ0) is 25.4. The molecule has 9 heteroatoms. The summed E-state index contributed by atoms with van der Waals surface area (Å²) in [6.45, 7) is 8.81. The molecular weight excluding hydrogens is 474 g/mol. The van der Waals surface area contributed by atoms with Crippen molar-refractivity contribution >= 4 is 50.1 Å². The minimum atomic E-state index is -0.628. The van der Waals surface area contributed by atoms with E-state index in [1.807, 2.05) is 18.2 Å². The van der Waals surface area contributed by atoms with Gasteiger partial charge in [0.2, 0.25) is 11.8 Å². The van der Waals surface area contributed by atoms with Crippen LogP contribution in [0.15, 0.2) is 36.4 Å². The van der Waals surface area contributed by atoms with Gasteiger partial charge in [0, 0.05) is 29.6 Å². The third-order valence-electron chi connectivity index (χ3n) is 6.76. The SMILES string of the molecule is Cc1cccc2c1sc1nc(-c3ccc4c(c3)CN(C3CCC(=O)NC3=O)C4=O)c(NC(C)(C)C)n12. The van der Waals surface area contributed by atoms with E-state index in [-0.39, 0.29) is 23.8 Å². The van der Waals surface area contributed by atoms with Crippen LogP contribution in [0.4, 0.5) is 5.82 Å². The van der Waals surface area contributed by atoms with E-state index in [2.05, 4.69) is 60.9 Å². The molecule has 4 aromatic rings. The van der Waals surface area contributed by atoms with Crippen molar-refractivity contribution in [3.8, 4) is 11.3 Å². The molecule has 0 radical (unpaired) electrons. The molecule has 184 valence electrons. The summed E-state index contributed by atoms with van der Waals surface area (Å²) in [7, 11) is 0. The Labute approximate surface area is 212 Å². The molecular formula is C27H27N5O3S. The number of piperidine rings is 1. The highest BCUT2D eigenvalue weighted by Gasteiger charge is 2.39. The average Bonchev–Trinajstić information content (AvgIpc) is 3.44. The highest BCUT2D eigenvalue weighted by Crippen LogP contribution is 2.39. The first-order chi connectivity index (χ1) is 17.1. The first-order valence-electron chi connectivity index (χ1n) is 12.1. The van der Waals surface area contributed by atoms with Crippen LogP contribution in [-0.4, -0.2) is 43.6 Å². The monoisotopic (exact) mass is 501 g/mol. The lowest BCUT2D eigenvalue weighted by Gasteiger charge is -2.29. The number of hydrogen-bond donors (Lipinski definition) is 2. The number of fused-ring (bicyclic) bond motifs is 4. The van der Waals surface area contributed by atoms with Gasteiger partial charge >= 0.3 is 0 Å². The summed E-state index contributed by atoms with van der Waals surface area (Å²) < 4.78 is 3.39. The fraction of sp³-hybridized carbons (Fsp3) is 0.333. The molecule has 2 aliphatic heterocycles. The van der Waals surface area contributed by atoms with Crippen LogP contribution in [-0.2, 0) is 16.1 Å². The van der Waals surface area contributed by atoms with E-state index in [4.69, 9.17) is 4.98 Å². The summed E-state index contributed by atoms with van der Waals surface area (Å²) in [5.41, 5.74) is 5.33. The number of hydrogen-bond acceptors (Lipinski definition) is 6. The number of imidazole rings is 1. The first-order valence-corrected chi connectivity index (χ1v) is 12.9. The van der Waals surface area contributed by atoms with Gasteiger partial charge in [0.1, 0.15) is 17.6 Å². The van der Waals surface area contributed by atoms with E-state index in [1.165, 1.54) is 10.3 Å². The van der Waals surface area contributed by atoms with Crippen molar-refractivity contribution < 1.29 is 14.4 Å². The molecule has 2 aromatic carbocycles. The minimum absolute atomic E-state index is 0.175. The predicted octanol–water partition coefficient (Wildman–Crippen LogP) is 4.50. The maximum atomic E-state index is 13.1. The van der Waals surface area contributed by atoms with Gasteiger partial charge in [0.05, 0.1) is 10.2 Å².